The molecular formula is C20H23NO3. The van der Waals surface area contributed by atoms with Gasteiger partial charge < -0.3 is 10.2 Å². The highest BCUT2D eigenvalue weighted by atomic mass is 16.4. The SMILES string of the molecule is O=C(O)c1cccc(CN2CCC(CO)(c3ccccc3)CC2)c1. The summed E-state index contributed by atoms with van der Waals surface area (Å²) in [5.74, 6) is -0.890. The van der Waals surface area contributed by atoms with E-state index in [4.69, 9.17) is 5.11 Å². The number of nitrogens with zero attached hydrogens (tertiary/aromatic N) is 1. The van der Waals surface area contributed by atoms with Crippen LogP contribution >= 0.6 is 0 Å². The molecule has 0 atom stereocenters. The van der Waals surface area contributed by atoms with Gasteiger partial charge in [0.25, 0.3) is 0 Å². The van der Waals surface area contributed by atoms with Gasteiger partial charge in [0.1, 0.15) is 0 Å². The molecule has 4 heteroatoms. The van der Waals surface area contributed by atoms with Crippen molar-refractivity contribution in [2.75, 3.05) is 19.7 Å². The maximum absolute atomic E-state index is 11.1. The third-order valence-electron chi connectivity index (χ3n) is 5.08. The number of piperidine rings is 1. The second kappa shape index (κ2) is 7.16. The largest absolute Gasteiger partial charge is 0.478 e. The number of benzene rings is 2. The van der Waals surface area contributed by atoms with Gasteiger partial charge in [0.15, 0.2) is 0 Å². The predicted octanol–water partition coefficient (Wildman–Crippen LogP) is 2.91. The fraction of sp³-hybridized carbons (Fsp3) is 0.350. The summed E-state index contributed by atoms with van der Waals surface area (Å²) in [6.45, 7) is 2.70. The lowest BCUT2D eigenvalue weighted by atomic mass is 9.73. The van der Waals surface area contributed by atoms with Crippen LogP contribution in [0.2, 0.25) is 0 Å². The molecule has 0 radical (unpaired) electrons. The van der Waals surface area contributed by atoms with Gasteiger partial charge in [0, 0.05) is 12.0 Å². The summed E-state index contributed by atoms with van der Waals surface area (Å²) in [5.41, 5.74) is 2.41. The highest BCUT2D eigenvalue weighted by molar-refractivity contribution is 5.87. The highest BCUT2D eigenvalue weighted by Crippen LogP contribution is 2.35. The number of likely N-dealkylation sites (tertiary alicyclic amines) is 1. The Hall–Kier alpha value is -2.17. The molecule has 24 heavy (non-hydrogen) atoms. The third kappa shape index (κ3) is 3.50. The number of aliphatic hydroxyl groups is 1. The average molecular weight is 325 g/mol. The summed E-state index contributed by atoms with van der Waals surface area (Å²) in [6, 6.07) is 17.4. The molecule has 1 aliphatic rings. The number of aromatic carboxylic acids is 1. The van der Waals surface area contributed by atoms with E-state index < -0.39 is 5.97 Å². The lowest BCUT2D eigenvalue weighted by Gasteiger charge is -2.41. The summed E-state index contributed by atoms with van der Waals surface area (Å²) in [5, 5.41) is 19.1. The second-order valence-corrected chi connectivity index (χ2v) is 6.59. The average Bonchev–Trinajstić information content (AvgIpc) is 2.63. The van der Waals surface area contributed by atoms with E-state index in [-0.39, 0.29) is 12.0 Å². The van der Waals surface area contributed by atoms with Crippen LogP contribution in [0.15, 0.2) is 54.6 Å². The Kier molecular flexibility index (Phi) is 4.97. The number of hydrogen-bond donors (Lipinski definition) is 2. The summed E-state index contributed by atoms with van der Waals surface area (Å²) >= 11 is 0. The van der Waals surface area contributed by atoms with E-state index in [1.54, 1.807) is 18.2 Å². The maximum Gasteiger partial charge on any atom is 0.335 e. The first-order valence-electron chi connectivity index (χ1n) is 8.34. The lowest BCUT2D eigenvalue weighted by Crippen LogP contribution is -2.44. The van der Waals surface area contributed by atoms with Gasteiger partial charge in [0.2, 0.25) is 0 Å². The zero-order valence-electron chi connectivity index (χ0n) is 13.7. The van der Waals surface area contributed by atoms with E-state index in [2.05, 4.69) is 17.0 Å². The number of carboxylic acid groups (broad SMARTS) is 1. The van der Waals surface area contributed by atoms with Gasteiger partial charge in [-0.1, -0.05) is 42.5 Å². The Morgan fingerprint density at radius 3 is 2.38 bits per heavy atom. The van der Waals surface area contributed by atoms with Gasteiger partial charge in [-0.3, -0.25) is 4.90 Å². The molecule has 0 saturated carbocycles. The Morgan fingerprint density at radius 1 is 1.04 bits per heavy atom. The van der Waals surface area contributed by atoms with Crippen LogP contribution in [-0.2, 0) is 12.0 Å². The van der Waals surface area contributed by atoms with Crippen LogP contribution in [0.4, 0.5) is 0 Å². The molecule has 0 aromatic heterocycles. The molecule has 3 rings (SSSR count). The van der Waals surface area contributed by atoms with Crippen molar-refractivity contribution < 1.29 is 15.0 Å². The Labute approximate surface area is 142 Å². The van der Waals surface area contributed by atoms with E-state index >= 15 is 0 Å². The molecule has 0 amide bonds. The van der Waals surface area contributed by atoms with Gasteiger partial charge in [-0.05, 0) is 49.2 Å². The van der Waals surface area contributed by atoms with E-state index in [0.29, 0.717) is 5.56 Å². The fourth-order valence-corrected chi connectivity index (χ4v) is 3.53. The first-order chi connectivity index (χ1) is 11.6. The van der Waals surface area contributed by atoms with Gasteiger partial charge in [-0.2, -0.15) is 0 Å². The smallest absolute Gasteiger partial charge is 0.335 e. The summed E-state index contributed by atoms with van der Waals surface area (Å²) < 4.78 is 0. The second-order valence-electron chi connectivity index (χ2n) is 6.59. The molecule has 0 spiro atoms. The zero-order chi connectivity index (χ0) is 17.0. The first-order valence-corrected chi connectivity index (χ1v) is 8.34. The van der Waals surface area contributed by atoms with Gasteiger partial charge in [-0.25, -0.2) is 4.79 Å². The number of aliphatic hydroxyl groups excluding tert-OH is 1. The fourth-order valence-electron chi connectivity index (χ4n) is 3.53. The predicted molar refractivity (Wildman–Crippen MR) is 93.1 cm³/mol. The summed E-state index contributed by atoms with van der Waals surface area (Å²) in [6.07, 6.45) is 1.82. The zero-order valence-corrected chi connectivity index (χ0v) is 13.7. The number of carboxylic acids is 1. The minimum Gasteiger partial charge on any atom is -0.478 e. The van der Waals surface area contributed by atoms with Crippen LogP contribution in [0.3, 0.4) is 0 Å². The summed E-state index contributed by atoms with van der Waals surface area (Å²) in [4.78, 5) is 13.4. The minimum atomic E-state index is -0.890. The molecular weight excluding hydrogens is 302 g/mol. The van der Waals surface area contributed by atoms with Crippen molar-refractivity contribution in [3.05, 3.63) is 71.3 Å². The Balaban J connectivity index is 1.66. The first kappa shape index (κ1) is 16.7. The Morgan fingerprint density at radius 2 is 1.75 bits per heavy atom. The molecule has 2 aromatic rings. The van der Waals surface area contributed by atoms with E-state index in [0.717, 1.165) is 38.0 Å². The van der Waals surface area contributed by atoms with E-state index in [1.807, 2.05) is 24.3 Å². The molecule has 0 unspecified atom stereocenters. The highest BCUT2D eigenvalue weighted by Gasteiger charge is 2.35. The molecule has 2 N–H and O–H groups in total. The van der Waals surface area contributed by atoms with Crippen molar-refractivity contribution in [3.8, 4) is 0 Å². The standard InChI is InChI=1S/C20H23NO3/c22-15-20(18-7-2-1-3-8-18)9-11-21(12-10-20)14-16-5-4-6-17(13-16)19(23)24/h1-8,13,22H,9-12,14-15H2,(H,23,24). The topological polar surface area (TPSA) is 60.8 Å². The number of rotatable bonds is 5. The minimum absolute atomic E-state index is 0.152. The number of hydrogen-bond acceptors (Lipinski definition) is 3. The quantitative estimate of drug-likeness (QED) is 0.887. The monoisotopic (exact) mass is 325 g/mol. The van der Waals surface area contributed by atoms with Crippen LogP contribution in [-0.4, -0.2) is 40.8 Å². The molecule has 126 valence electrons. The van der Waals surface area contributed by atoms with Crippen molar-refractivity contribution >= 4 is 5.97 Å². The molecule has 1 fully saturated rings. The van der Waals surface area contributed by atoms with Crippen molar-refractivity contribution in [3.63, 3.8) is 0 Å². The van der Waals surface area contributed by atoms with Crippen molar-refractivity contribution in [2.24, 2.45) is 0 Å². The maximum atomic E-state index is 11.1. The molecule has 2 aromatic carbocycles. The van der Waals surface area contributed by atoms with Crippen molar-refractivity contribution in [1.82, 2.24) is 4.90 Å². The van der Waals surface area contributed by atoms with Crippen LogP contribution in [0.1, 0.15) is 34.3 Å². The van der Waals surface area contributed by atoms with Crippen LogP contribution in [0, 0.1) is 0 Å². The molecule has 1 aliphatic heterocycles. The lowest BCUT2D eigenvalue weighted by molar-refractivity contribution is 0.0696. The van der Waals surface area contributed by atoms with E-state index in [9.17, 15) is 9.90 Å². The molecule has 1 saturated heterocycles. The molecule has 1 heterocycles. The normalized spacial score (nSPS) is 17.5. The summed E-state index contributed by atoms with van der Waals surface area (Å²) in [7, 11) is 0. The van der Waals surface area contributed by atoms with Crippen molar-refractivity contribution in [1.29, 1.82) is 0 Å². The Bertz CT molecular complexity index is 691. The van der Waals surface area contributed by atoms with Gasteiger partial charge >= 0.3 is 5.97 Å². The molecule has 4 nitrogen and oxygen atoms in total. The molecule has 0 bridgehead atoms. The molecule has 0 aliphatic carbocycles. The van der Waals surface area contributed by atoms with Crippen molar-refractivity contribution in [2.45, 2.75) is 24.8 Å². The number of carbonyl (C=O) groups is 1. The van der Waals surface area contributed by atoms with Gasteiger partial charge in [0.05, 0.1) is 12.2 Å². The van der Waals surface area contributed by atoms with Crippen LogP contribution in [0.5, 0.6) is 0 Å². The van der Waals surface area contributed by atoms with Gasteiger partial charge in [-0.15, -0.1) is 0 Å². The van der Waals surface area contributed by atoms with Crippen LogP contribution in [0.25, 0.3) is 0 Å². The van der Waals surface area contributed by atoms with E-state index in [1.165, 1.54) is 5.56 Å². The van der Waals surface area contributed by atoms with Crippen LogP contribution < -0.4 is 0 Å². The third-order valence-corrected chi connectivity index (χ3v) is 5.08.